The molecule has 3 aliphatic rings. The van der Waals surface area contributed by atoms with Crippen molar-refractivity contribution in [2.24, 2.45) is 0 Å². The Morgan fingerprint density at radius 3 is 0.702 bits per heavy atom. The van der Waals surface area contributed by atoms with Gasteiger partial charge < -0.3 is 0 Å². The first-order chi connectivity index (χ1) is 69.2. The number of hydrogen-bond donors (Lipinski definition) is 0. The zero-order chi connectivity index (χ0) is 93.8. The molecule has 3 aliphatic carbocycles. The molecule has 0 heterocycles. The lowest BCUT2D eigenvalue weighted by Crippen LogP contribution is -2.14. The fraction of sp³-hybridized carbons (Fsp3) is 0.0638. The summed E-state index contributed by atoms with van der Waals surface area (Å²) in [6, 6.07) is 177. The third-order valence-corrected chi connectivity index (χ3v) is 32.4. The first kappa shape index (κ1) is 82.1. The minimum absolute atomic E-state index is 0.0460. The molecule has 27 aromatic carbocycles. The molecular formula is C141H96. The van der Waals surface area contributed by atoms with Gasteiger partial charge in [-0.1, -0.05) is 448 Å². The Hall–Kier alpha value is -17.2. The van der Waals surface area contributed by atoms with Crippen molar-refractivity contribution in [3.05, 3.63) is 507 Å². The SMILES string of the molecule is CC1(C)c2ccc(-c3c4ccccc4c(-c4cc5ccc6ccccc6c5c5ccccc45)c4ccccc34)cc2-c2cc3ccccc3cc21.CC1(C)c2ccc(-c3c4ccccc4c(-c4cc5ccccc5c5ccccc45)c4ccccc34)cc2-c2cc3ccccc3cc21.CC1(C)c2ccc(-c3c4ccccc4c(-c4cccc5ccccc45)c4ccccc34)cc2-c2cc3ccccc3cc21. The van der Waals surface area contributed by atoms with E-state index in [1.807, 2.05) is 0 Å². The Morgan fingerprint density at radius 1 is 0.113 bits per heavy atom. The molecular weight excluding hydrogens is 1690 g/mol. The highest BCUT2D eigenvalue weighted by Crippen LogP contribution is 2.59. The van der Waals surface area contributed by atoms with Crippen LogP contribution in [0.25, 0.3) is 262 Å². The Kier molecular flexibility index (Phi) is 18.3. The van der Waals surface area contributed by atoms with E-state index in [0.29, 0.717) is 0 Å². The van der Waals surface area contributed by atoms with Gasteiger partial charge in [-0.25, -0.2) is 0 Å². The van der Waals surface area contributed by atoms with Crippen LogP contribution in [0.4, 0.5) is 0 Å². The van der Waals surface area contributed by atoms with E-state index in [0.717, 1.165) is 0 Å². The van der Waals surface area contributed by atoms with Gasteiger partial charge in [0.15, 0.2) is 0 Å². The van der Waals surface area contributed by atoms with Gasteiger partial charge in [0.05, 0.1) is 0 Å². The van der Waals surface area contributed by atoms with Crippen molar-refractivity contribution in [2.75, 3.05) is 0 Å². The second kappa shape index (κ2) is 31.4. The van der Waals surface area contributed by atoms with Crippen molar-refractivity contribution in [1.29, 1.82) is 0 Å². The first-order valence-electron chi connectivity index (χ1n) is 49.8. The molecule has 0 aliphatic heterocycles. The molecule has 0 atom stereocenters. The zero-order valence-electron chi connectivity index (χ0n) is 79.5. The van der Waals surface area contributed by atoms with Crippen molar-refractivity contribution < 1.29 is 0 Å². The molecule has 0 fully saturated rings. The van der Waals surface area contributed by atoms with Gasteiger partial charge in [0, 0.05) is 16.2 Å². The number of hydrogen-bond acceptors (Lipinski definition) is 0. The molecule has 0 bridgehead atoms. The summed E-state index contributed by atoms with van der Waals surface area (Å²) in [5, 5.41) is 38.7. The highest BCUT2D eigenvalue weighted by Gasteiger charge is 2.40. The average Bonchev–Trinajstić information content (AvgIpc) is 1.68. The summed E-state index contributed by atoms with van der Waals surface area (Å²) >= 11 is 0. The summed E-state index contributed by atoms with van der Waals surface area (Å²) in [6.45, 7) is 14.2. The lowest BCUT2D eigenvalue weighted by atomic mass is 9.81. The summed E-state index contributed by atoms with van der Waals surface area (Å²) in [6.07, 6.45) is 0. The maximum Gasteiger partial charge on any atom is 0.0159 e. The van der Waals surface area contributed by atoms with Crippen LogP contribution in [0.5, 0.6) is 0 Å². The normalized spacial score (nSPS) is 13.5. The third-order valence-electron chi connectivity index (χ3n) is 32.4. The lowest BCUT2D eigenvalue weighted by molar-refractivity contribution is 0.661. The zero-order valence-corrected chi connectivity index (χ0v) is 79.5. The van der Waals surface area contributed by atoms with Crippen molar-refractivity contribution in [3.8, 4) is 100 Å². The predicted molar refractivity (Wildman–Crippen MR) is 607 cm³/mol. The van der Waals surface area contributed by atoms with Crippen molar-refractivity contribution in [2.45, 2.75) is 57.8 Å². The number of fused-ring (bicyclic) bond motifs is 27. The van der Waals surface area contributed by atoms with Crippen LogP contribution in [0.15, 0.2) is 473 Å². The van der Waals surface area contributed by atoms with Crippen LogP contribution in [0.1, 0.15) is 74.9 Å². The molecule has 30 rings (SSSR count). The van der Waals surface area contributed by atoms with E-state index >= 15 is 0 Å². The molecule has 0 unspecified atom stereocenters. The van der Waals surface area contributed by atoms with E-state index in [9.17, 15) is 0 Å². The summed E-state index contributed by atoms with van der Waals surface area (Å²) < 4.78 is 0. The second-order valence-electron chi connectivity index (χ2n) is 41.0. The predicted octanol–water partition coefficient (Wildman–Crippen LogP) is 39.3. The molecule has 141 heavy (non-hydrogen) atoms. The van der Waals surface area contributed by atoms with Gasteiger partial charge in [-0.3, -0.25) is 0 Å². The van der Waals surface area contributed by atoms with E-state index in [1.54, 1.807) is 0 Å². The van der Waals surface area contributed by atoms with Gasteiger partial charge in [0.25, 0.3) is 0 Å². The van der Waals surface area contributed by atoms with Gasteiger partial charge in [-0.2, -0.15) is 0 Å². The van der Waals surface area contributed by atoms with Gasteiger partial charge in [-0.05, 0) is 362 Å². The minimum atomic E-state index is -0.0658. The van der Waals surface area contributed by atoms with Crippen LogP contribution in [-0.4, -0.2) is 0 Å². The van der Waals surface area contributed by atoms with Crippen molar-refractivity contribution >= 4 is 162 Å². The van der Waals surface area contributed by atoms with Gasteiger partial charge in [0.2, 0.25) is 0 Å². The van der Waals surface area contributed by atoms with Crippen LogP contribution in [-0.2, 0) is 16.2 Å². The van der Waals surface area contributed by atoms with E-state index in [4.69, 9.17) is 0 Å². The number of rotatable bonds is 6. The Bertz CT molecular complexity index is 9930. The Balaban J connectivity index is 0.000000104. The molecule has 0 amide bonds. The van der Waals surface area contributed by atoms with Crippen molar-refractivity contribution in [1.82, 2.24) is 0 Å². The summed E-state index contributed by atoms with van der Waals surface area (Å²) in [4.78, 5) is 0. The molecule has 0 heteroatoms. The molecule has 0 N–H and O–H groups in total. The molecule has 0 saturated carbocycles. The third kappa shape index (κ3) is 12.5. The topological polar surface area (TPSA) is 0 Å². The van der Waals surface area contributed by atoms with Gasteiger partial charge >= 0.3 is 0 Å². The van der Waals surface area contributed by atoms with Crippen LogP contribution in [0.2, 0.25) is 0 Å². The average molecular weight is 1790 g/mol. The molecule has 0 radical (unpaired) electrons. The summed E-state index contributed by atoms with van der Waals surface area (Å²) in [5.41, 5.74) is 31.9. The molecule has 0 nitrogen and oxygen atoms in total. The van der Waals surface area contributed by atoms with E-state index in [-0.39, 0.29) is 16.2 Å². The van der Waals surface area contributed by atoms with Crippen LogP contribution >= 0.6 is 0 Å². The van der Waals surface area contributed by atoms with Crippen LogP contribution in [0.3, 0.4) is 0 Å². The molecule has 660 valence electrons. The monoisotopic (exact) mass is 1790 g/mol. The fourth-order valence-electron chi connectivity index (χ4n) is 25.8. The highest BCUT2D eigenvalue weighted by atomic mass is 14.4. The maximum absolute atomic E-state index is 2.47. The molecule has 0 spiro atoms. The van der Waals surface area contributed by atoms with Crippen molar-refractivity contribution in [3.63, 3.8) is 0 Å². The minimum Gasteiger partial charge on any atom is -0.0616 e. The fourth-order valence-corrected chi connectivity index (χ4v) is 25.8. The van der Waals surface area contributed by atoms with Gasteiger partial charge in [0.1, 0.15) is 0 Å². The number of benzene rings is 27. The van der Waals surface area contributed by atoms with Crippen LogP contribution in [0, 0.1) is 0 Å². The van der Waals surface area contributed by atoms with Crippen LogP contribution < -0.4 is 0 Å². The summed E-state index contributed by atoms with van der Waals surface area (Å²) in [7, 11) is 0. The summed E-state index contributed by atoms with van der Waals surface area (Å²) in [5.74, 6) is 0. The maximum atomic E-state index is 2.47. The second-order valence-corrected chi connectivity index (χ2v) is 41.0. The van der Waals surface area contributed by atoms with E-state index in [1.165, 1.54) is 295 Å². The standard InChI is InChI=1S/C51H34.C47H32.C43H30/c1-51(2)46-26-25-35(28-43(46)44-27-32-14-3-4-15-33(32)30-47(44)51)49-39-19-9-11-21-41(39)50(42-22-12-10-20-40(42)49)45-29-34-24-23-31-13-5-6-16-36(31)48(34)38-18-8-7-17-37(38)45;1-47(2)43-24-23-32(27-40(43)41-25-29-13-3-4-14-30(29)28-44(41)47)45-36-19-9-11-21-38(36)46(39-22-12-10-20-37(39)45)42-26-31-15-5-6-16-33(31)34-17-7-8-18-35(34)42;1-43(2)39-23-22-30(25-37(39)38-24-28-13-3-4-14-29(28)26-40(38)43)41-33-17-7-9-19-35(33)42(36-20-10-8-18-34(36)41)32-21-11-15-27-12-5-6-16-31(27)32/h3-30H,1-2H3;3-28H,1-2H3;3-26H,1-2H3. The smallest absolute Gasteiger partial charge is 0.0159 e. The lowest BCUT2D eigenvalue weighted by Gasteiger charge is -2.22. The quantitative estimate of drug-likeness (QED) is 0.115. The Labute approximate surface area is 820 Å². The molecule has 27 aromatic rings. The Morgan fingerprint density at radius 2 is 0.340 bits per heavy atom. The largest absolute Gasteiger partial charge is 0.0616 e. The first-order valence-corrected chi connectivity index (χ1v) is 49.8. The molecule has 0 aromatic heterocycles. The van der Waals surface area contributed by atoms with E-state index in [2.05, 4.69) is 515 Å². The highest BCUT2D eigenvalue weighted by molar-refractivity contribution is 6.31. The van der Waals surface area contributed by atoms with Gasteiger partial charge in [-0.15, -0.1) is 0 Å². The molecule has 0 saturated heterocycles. The van der Waals surface area contributed by atoms with E-state index < -0.39 is 0 Å².